The first-order valence-corrected chi connectivity index (χ1v) is 7.38. The van der Waals surface area contributed by atoms with Gasteiger partial charge in [0, 0.05) is 0 Å². The van der Waals surface area contributed by atoms with Gasteiger partial charge in [-0.3, -0.25) is 0 Å². The summed E-state index contributed by atoms with van der Waals surface area (Å²) in [6.07, 6.45) is 3.36. The van der Waals surface area contributed by atoms with Crippen molar-refractivity contribution in [1.29, 1.82) is 0 Å². The summed E-state index contributed by atoms with van der Waals surface area (Å²) in [6, 6.07) is 3.05. The number of esters is 1. The third-order valence-corrected chi connectivity index (χ3v) is 3.87. The third-order valence-electron chi connectivity index (χ3n) is 3.87. The summed E-state index contributed by atoms with van der Waals surface area (Å²) in [5.74, 6) is -9.03. The van der Waals surface area contributed by atoms with Crippen LogP contribution in [-0.2, 0) is 9.53 Å². The molecule has 24 heavy (non-hydrogen) atoms. The molecule has 0 bridgehead atoms. The SMILES string of the molecule is CC1(Oc2cc(C(=O)OCC(F)(F)C(=O)[O-])ccc2F)CCCC1. The summed E-state index contributed by atoms with van der Waals surface area (Å²) >= 11 is 0. The summed E-state index contributed by atoms with van der Waals surface area (Å²) in [6.45, 7) is 0.157. The van der Waals surface area contributed by atoms with Gasteiger partial charge in [0.15, 0.2) is 18.2 Å². The molecule has 0 amide bonds. The average molecular weight is 345 g/mol. The molecule has 0 saturated heterocycles. The Bertz CT molecular complexity index is 639. The second-order valence-electron chi connectivity index (χ2n) is 5.97. The van der Waals surface area contributed by atoms with Gasteiger partial charge in [0.25, 0.3) is 0 Å². The number of rotatable bonds is 6. The van der Waals surface area contributed by atoms with Crippen molar-refractivity contribution in [1.82, 2.24) is 0 Å². The number of benzene rings is 1. The number of aliphatic carboxylic acids is 1. The minimum atomic E-state index is -4.30. The monoisotopic (exact) mass is 345 g/mol. The first-order chi connectivity index (χ1) is 11.1. The Morgan fingerprint density at radius 3 is 2.50 bits per heavy atom. The van der Waals surface area contributed by atoms with Gasteiger partial charge in [0.1, 0.15) is 11.6 Å². The maximum atomic E-state index is 13.9. The lowest BCUT2D eigenvalue weighted by atomic mass is 10.1. The van der Waals surface area contributed by atoms with E-state index in [1.807, 2.05) is 6.92 Å². The fourth-order valence-corrected chi connectivity index (χ4v) is 2.50. The molecular weight excluding hydrogens is 329 g/mol. The smallest absolute Gasteiger partial charge is 0.338 e. The molecule has 0 atom stereocenters. The molecule has 1 saturated carbocycles. The zero-order chi connectivity index (χ0) is 18.0. The van der Waals surface area contributed by atoms with Gasteiger partial charge in [-0.2, -0.15) is 8.78 Å². The largest absolute Gasteiger partial charge is 0.544 e. The molecule has 0 aliphatic heterocycles. The quantitative estimate of drug-likeness (QED) is 0.738. The zero-order valence-electron chi connectivity index (χ0n) is 12.9. The molecule has 0 heterocycles. The third kappa shape index (κ3) is 4.18. The van der Waals surface area contributed by atoms with E-state index in [1.54, 1.807) is 0 Å². The molecule has 1 aliphatic rings. The molecule has 0 aromatic heterocycles. The number of carboxylic acids is 1. The van der Waals surface area contributed by atoms with Crippen LogP contribution in [0.15, 0.2) is 18.2 Å². The molecule has 1 fully saturated rings. The summed E-state index contributed by atoms with van der Waals surface area (Å²) in [5, 5.41) is 10.2. The van der Waals surface area contributed by atoms with Gasteiger partial charge < -0.3 is 19.4 Å². The molecule has 2 rings (SSSR count). The minimum absolute atomic E-state index is 0.180. The number of carbonyl (C=O) groups excluding carboxylic acids is 2. The number of alkyl halides is 2. The summed E-state index contributed by atoms with van der Waals surface area (Å²) in [5.41, 5.74) is -0.770. The van der Waals surface area contributed by atoms with Crippen molar-refractivity contribution in [2.75, 3.05) is 6.61 Å². The highest BCUT2D eigenvalue weighted by atomic mass is 19.3. The second-order valence-corrected chi connectivity index (χ2v) is 5.97. The van der Waals surface area contributed by atoms with E-state index >= 15 is 0 Å². The van der Waals surface area contributed by atoms with Crippen LogP contribution < -0.4 is 9.84 Å². The summed E-state index contributed by atoms with van der Waals surface area (Å²) in [7, 11) is 0. The van der Waals surface area contributed by atoms with Gasteiger partial charge in [-0.1, -0.05) is 0 Å². The number of halogens is 3. The molecule has 1 aliphatic carbocycles. The Hall–Kier alpha value is -2.25. The number of hydrogen-bond donors (Lipinski definition) is 0. The Labute approximate surface area is 136 Å². The Morgan fingerprint density at radius 2 is 1.92 bits per heavy atom. The highest BCUT2D eigenvalue weighted by Gasteiger charge is 2.34. The molecule has 0 spiro atoms. The standard InChI is InChI=1S/C16H17F3O5/c1-15(6-2-3-7-15)24-12-8-10(4-5-11(12)17)13(20)23-9-16(18,19)14(21)22/h4-5,8H,2-3,6-7,9H2,1H3,(H,21,22)/p-1. The first-order valence-electron chi connectivity index (χ1n) is 7.38. The van der Waals surface area contributed by atoms with E-state index in [1.165, 1.54) is 0 Å². The van der Waals surface area contributed by atoms with Gasteiger partial charge in [0.05, 0.1) is 5.56 Å². The van der Waals surface area contributed by atoms with Crippen LogP contribution in [0.4, 0.5) is 13.2 Å². The van der Waals surface area contributed by atoms with Crippen LogP contribution in [0.5, 0.6) is 5.75 Å². The molecule has 1 aromatic carbocycles. The van der Waals surface area contributed by atoms with E-state index in [-0.39, 0.29) is 11.3 Å². The molecule has 5 nitrogen and oxygen atoms in total. The molecule has 1 aromatic rings. The van der Waals surface area contributed by atoms with E-state index in [0.717, 1.165) is 43.9 Å². The van der Waals surface area contributed by atoms with Crippen LogP contribution in [0, 0.1) is 5.82 Å². The number of hydrogen-bond acceptors (Lipinski definition) is 5. The maximum absolute atomic E-state index is 13.9. The first kappa shape index (κ1) is 18.1. The lowest BCUT2D eigenvalue weighted by molar-refractivity contribution is -0.331. The number of ether oxygens (including phenoxy) is 2. The van der Waals surface area contributed by atoms with Gasteiger partial charge >= 0.3 is 11.9 Å². The second kappa shape index (κ2) is 6.70. The van der Waals surface area contributed by atoms with E-state index in [0.29, 0.717) is 0 Å². The Kier molecular flexibility index (Phi) is 5.05. The maximum Gasteiger partial charge on any atom is 0.338 e. The zero-order valence-corrected chi connectivity index (χ0v) is 12.9. The Balaban J connectivity index is 2.09. The lowest BCUT2D eigenvalue weighted by Crippen LogP contribution is -2.45. The van der Waals surface area contributed by atoms with Crippen molar-refractivity contribution in [3.05, 3.63) is 29.6 Å². The highest BCUT2D eigenvalue weighted by Crippen LogP contribution is 2.35. The van der Waals surface area contributed by atoms with Crippen LogP contribution in [0.2, 0.25) is 0 Å². The van der Waals surface area contributed by atoms with Gasteiger partial charge in [0.2, 0.25) is 0 Å². The molecule has 132 valence electrons. The van der Waals surface area contributed by atoms with E-state index < -0.39 is 35.9 Å². The van der Waals surface area contributed by atoms with Gasteiger partial charge in [-0.25, -0.2) is 9.18 Å². The fraction of sp³-hybridized carbons (Fsp3) is 0.500. The van der Waals surface area contributed by atoms with Crippen molar-refractivity contribution in [2.24, 2.45) is 0 Å². The van der Waals surface area contributed by atoms with Gasteiger partial charge in [-0.05, 0) is 50.8 Å². The van der Waals surface area contributed by atoms with E-state index in [9.17, 15) is 27.9 Å². The summed E-state index contributed by atoms with van der Waals surface area (Å²) < 4.78 is 49.5. The van der Waals surface area contributed by atoms with Crippen molar-refractivity contribution in [3.63, 3.8) is 0 Å². The van der Waals surface area contributed by atoms with E-state index in [2.05, 4.69) is 4.74 Å². The van der Waals surface area contributed by atoms with Crippen molar-refractivity contribution in [2.45, 2.75) is 44.1 Å². The van der Waals surface area contributed by atoms with Crippen LogP contribution in [-0.4, -0.2) is 30.1 Å². The normalized spacial score (nSPS) is 16.7. The van der Waals surface area contributed by atoms with Crippen molar-refractivity contribution >= 4 is 11.9 Å². The van der Waals surface area contributed by atoms with Crippen LogP contribution in [0.25, 0.3) is 0 Å². The average Bonchev–Trinajstić information content (AvgIpc) is 2.93. The predicted octanol–water partition coefficient (Wildman–Crippen LogP) is 2.08. The molecule has 8 heteroatoms. The predicted molar refractivity (Wildman–Crippen MR) is 74.1 cm³/mol. The molecule has 0 radical (unpaired) electrons. The summed E-state index contributed by atoms with van der Waals surface area (Å²) in [4.78, 5) is 21.9. The van der Waals surface area contributed by atoms with Crippen LogP contribution in [0.3, 0.4) is 0 Å². The topological polar surface area (TPSA) is 75.7 Å². The minimum Gasteiger partial charge on any atom is -0.544 e. The van der Waals surface area contributed by atoms with E-state index in [4.69, 9.17) is 4.74 Å². The van der Waals surface area contributed by atoms with Crippen LogP contribution in [0.1, 0.15) is 43.0 Å². The van der Waals surface area contributed by atoms with Crippen molar-refractivity contribution < 1.29 is 37.3 Å². The highest BCUT2D eigenvalue weighted by molar-refractivity contribution is 5.90. The van der Waals surface area contributed by atoms with Gasteiger partial charge in [-0.15, -0.1) is 0 Å². The van der Waals surface area contributed by atoms with Crippen molar-refractivity contribution in [3.8, 4) is 5.75 Å². The Morgan fingerprint density at radius 1 is 1.29 bits per heavy atom. The molecule has 0 unspecified atom stereocenters. The fourth-order valence-electron chi connectivity index (χ4n) is 2.50. The number of carboxylic acid groups (broad SMARTS) is 1. The lowest BCUT2D eigenvalue weighted by Gasteiger charge is -2.26. The molecule has 0 N–H and O–H groups in total. The molecular formula is C16H16F3O5-. The van der Waals surface area contributed by atoms with Crippen LogP contribution >= 0.6 is 0 Å². The number of carbonyl (C=O) groups is 2.